The molecular weight excluding hydrogens is 326 g/mol. The minimum atomic E-state index is -0.0748. The van der Waals surface area contributed by atoms with Crippen molar-refractivity contribution in [1.29, 1.82) is 0 Å². The SMILES string of the molecule is CC(C)[C@@H](CC(=O)NCC[C@@]1(C(C)C)CCOC(C)(C)C1)c1ccco1. The minimum Gasteiger partial charge on any atom is -0.469 e. The first-order chi connectivity index (χ1) is 12.2. The fourth-order valence-corrected chi connectivity index (χ4v) is 4.40. The first kappa shape index (κ1) is 21.0. The van der Waals surface area contributed by atoms with E-state index in [9.17, 15) is 4.79 Å². The second-order valence-corrected chi connectivity index (χ2v) is 9.22. The molecule has 0 saturated carbocycles. The third-order valence-corrected chi connectivity index (χ3v) is 6.16. The minimum absolute atomic E-state index is 0.0748. The van der Waals surface area contributed by atoms with E-state index in [-0.39, 0.29) is 22.8 Å². The Bertz CT molecular complexity index is 562. The first-order valence-electron chi connectivity index (χ1n) is 10.1. The van der Waals surface area contributed by atoms with Crippen LogP contribution in [0, 0.1) is 17.3 Å². The van der Waals surface area contributed by atoms with Gasteiger partial charge in [-0.15, -0.1) is 0 Å². The van der Waals surface area contributed by atoms with E-state index in [2.05, 4.69) is 46.9 Å². The van der Waals surface area contributed by atoms with E-state index in [1.807, 2.05) is 12.1 Å². The Kier molecular flexibility index (Phi) is 6.95. The van der Waals surface area contributed by atoms with Crippen LogP contribution in [0.4, 0.5) is 0 Å². The van der Waals surface area contributed by atoms with Gasteiger partial charge in [0.1, 0.15) is 5.76 Å². The van der Waals surface area contributed by atoms with Crippen molar-refractivity contribution in [2.45, 2.75) is 78.7 Å². The molecule has 0 bridgehead atoms. The molecule has 1 fully saturated rings. The highest BCUT2D eigenvalue weighted by molar-refractivity contribution is 5.76. The van der Waals surface area contributed by atoms with Crippen molar-refractivity contribution in [3.63, 3.8) is 0 Å². The number of hydrogen-bond donors (Lipinski definition) is 1. The van der Waals surface area contributed by atoms with E-state index in [1.165, 1.54) is 0 Å². The predicted molar refractivity (Wildman–Crippen MR) is 105 cm³/mol. The summed E-state index contributed by atoms with van der Waals surface area (Å²) in [6.07, 6.45) is 5.30. The quantitative estimate of drug-likeness (QED) is 0.695. The predicted octanol–water partition coefficient (Wildman–Crippen LogP) is 5.15. The monoisotopic (exact) mass is 363 g/mol. The summed E-state index contributed by atoms with van der Waals surface area (Å²) in [4.78, 5) is 12.5. The molecule has 1 aromatic heterocycles. The van der Waals surface area contributed by atoms with Gasteiger partial charge in [-0.05, 0) is 62.5 Å². The molecule has 148 valence electrons. The zero-order chi connectivity index (χ0) is 19.4. The summed E-state index contributed by atoms with van der Waals surface area (Å²) in [7, 11) is 0. The molecule has 0 spiro atoms. The maximum atomic E-state index is 12.5. The topological polar surface area (TPSA) is 51.5 Å². The van der Waals surface area contributed by atoms with Gasteiger partial charge < -0.3 is 14.5 Å². The molecule has 2 rings (SSSR count). The van der Waals surface area contributed by atoms with Crippen LogP contribution >= 0.6 is 0 Å². The van der Waals surface area contributed by atoms with Crippen LogP contribution in [0.1, 0.15) is 78.9 Å². The van der Waals surface area contributed by atoms with Crippen LogP contribution in [0.15, 0.2) is 22.8 Å². The highest BCUT2D eigenvalue weighted by Gasteiger charge is 2.42. The molecule has 1 aliphatic heterocycles. The molecule has 1 aliphatic rings. The smallest absolute Gasteiger partial charge is 0.220 e. The van der Waals surface area contributed by atoms with Crippen molar-refractivity contribution in [2.75, 3.05) is 13.2 Å². The van der Waals surface area contributed by atoms with Gasteiger partial charge in [-0.2, -0.15) is 0 Å². The third kappa shape index (κ3) is 5.35. The number of nitrogens with one attached hydrogen (secondary N) is 1. The molecule has 4 heteroatoms. The van der Waals surface area contributed by atoms with Gasteiger partial charge in [0.25, 0.3) is 0 Å². The normalized spacial score (nSPS) is 24.0. The molecule has 1 N–H and O–H groups in total. The molecule has 26 heavy (non-hydrogen) atoms. The van der Waals surface area contributed by atoms with Crippen molar-refractivity contribution in [2.24, 2.45) is 17.3 Å². The van der Waals surface area contributed by atoms with Crippen LogP contribution in [0.3, 0.4) is 0 Å². The molecular formula is C22H37NO3. The molecule has 4 nitrogen and oxygen atoms in total. The van der Waals surface area contributed by atoms with E-state index in [0.717, 1.165) is 38.2 Å². The first-order valence-corrected chi connectivity index (χ1v) is 10.1. The fraction of sp³-hybridized carbons (Fsp3) is 0.773. The Balaban J connectivity index is 1.90. The number of carbonyl (C=O) groups excluding carboxylic acids is 1. The number of hydrogen-bond acceptors (Lipinski definition) is 3. The summed E-state index contributed by atoms with van der Waals surface area (Å²) in [5.74, 6) is 2.09. The maximum Gasteiger partial charge on any atom is 0.220 e. The Morgan fingerprint density at radius 2 is 2.00 bits per heavy atom. The summed E-state index contributed by atoms with van der Waals surface area (Å²) in [5, 5.41) is 3.16. The highest BCUT2D eigenvalue weighted by Crippen LogP contribution is 2.46. The summed E-state index contributed by atoms with van der Waals surface area (Å²) in [6.45, 7) is 14.8. The Hall–Kier alpha value is -1.29. The Morgan fingerprint density at radius 3 is 2.54 bits per heavy atom. The lowest BCUT2D eigenvalue weighted by Crippen LogP contribution is -2.45. The molecule has 0 radical (unpaired) electrons. The van der Waals surface area contributed by atoms with Crippen molar-refractivity contribution < 1.29 is 13.9 Å². The molecule has 0 aliphatic carbocycles. The van der Waals surface area contributed by atoms with Crippen LogP contribution < -0.4 is 5.32 Å². The number of carbonyl (C=O) groups is 1. The molecule has 1 saturated heterocycles. The van der Waals surface area contributed by atoms with Crippen LogP contribution in [0.5, 0.6) is 0 Å². The standard InChI is InChI=1S/C22H37NO3/c1-16(2)18(19-8-7-12-25-19)14-20(24)23-11-9-22(17(3)4)10-13-26-21(5,6)15-22/h7-8,12,16-18H,9-11,13-15H2,1-6H3,(H,23,24)/t18-,22-/m1/s1. The van der Waals surface area contributed by atoms with E-state index in [0.29, 0.717) is 18.3 Å². The second-order valence-electron chi connectivity index (χ2n) is 9.22. The number of ether oxygens (including phenoxy) is 1. The lowest BCUT2D eigenvalue weighted by atomic mass is 9.65. The van der Waals surface area contributed by atoms with Gasteiger partial charge in [0.15, 0.2) is 0 Å². The van der Waals surface area contributed by atoms with Crippen LogP contribution in [0.2, 0.25) is 0 Å². The summed E-state index contributed by atoms with van der Waals surface area (Å²) in [6, 6.07) is 3.86. The van der Waals surface area contributed by atoms with Crippen LogP contribution in [0.25, 0.3) is 0 Å². The van der Waals surface area contributed by atoms with Gasteiger partial charge in [-0.1, -0.05) is 27.7 Å². The largest absolute Gasteiger partial charge is 0.469 e. The molecule has 1 amide bonds. The number of furan rings is 1. The Labute approximate surface area is 159 Å². The second kappa shape index (κ2) is 8.60. The van der Waals surface area contributed by atoms with E-state index in [1.54, 1.807) is 6.26 Å². The van der Waals surface area contributed by atoms with Gasteiger partial charge in [-0.3, -0.25) is 4.79 Å². The zero-order valence-corrected chi connectivity index (χ0v) is 17.4. The van der Waals surface area contributed by atoms with Gasteiger partial charge >= 0.3 is 0 Å². The summed E-state index contributed by atoms with van der Waals surface area (Å²) in [5.41, 5.74) is 0.169. The molecule has 2 heterocycles. The van der Waals surface area contributed by atoms with Crippen LogP contribution in [-0.2, 0) is 9.53 Å². The van der Waals surface area contributed by atoms with Gasteiger partial charge in [-0.25, -0.2) is 0 Å². The van der Waals surface area contributed by atoms with Crippen molar-refractivity contribution in [1.82, 2.24) is 5.32 Å². The van der Waals surface area contributed by atoms with Crippen molar-refractivity contribution in [3.8, 4) is 0 Å². The summed E-state index contributed by atoms with van der Waals surface area (Å²) >= 11 is 0. The molecule has 1 aromatic rings. The van der Waals surface area contributed by atoms with Gasteiger partial charge in [0.2, 0.25) is 5.91 Å². The number of amides is 1. The fourth-order valence-electron chi connectivity index (χ4n) is 4.40. The van der Waals surface area contributed by atoms with Gasteiger partial charge in [0.05, 0.1) is 11.9 Å². The van der Waals surface area contributed by atoms with E-state index < -0.39 is 0 Å². The molecule has 0 aromatic carbocycles. The Morgan fingerprint density at radius 1 is 1.27 bits per heavy atom. The van der Waals surface area contributed by atoms with Crippen molar-refractivity contribution >= 4 is 5.91 Å². The van der Waals surface area contributed by atoms with E-state index in [4.69, 9.17) is 9.15 Å². The third-order valence-electron chi connectivity index (χ3n) is 6.16. The lowest BCUT2D eigenvalue weighted by Gasteiger charge is -2.47. The van der Waals surface area contributed by atoms with Crippen LogP contribution in [-0.4, -0.2) is 24.7 Å². The molecule has 2 atom stereocenters. The summed E-state index contributed by atoms with van der Waals surface area (Å²) < 4.78 is 11.5. The molecule has 0 unspecified atom stereocenters. The number of rotatable bonds is 8. The van der Waals surface area contributed by atoms with Crippen molar-refractivity contribution in [3.05, 3.63) is 24.2 Å². The highest BCUT2D eigenvalue weighted by atomic mass is 16.5. The van der Waals surface area contributed by atoms with Gasteiger partial charge in [0, 0.05) is 25.5 Å². The lowest BCUT2D eigenvalue weighted by molar-refractivity contribution is -0.125. The zero-order valence-electron chi connectivity index (χ0n) is 17.4. The average molecular weight is 364 g/mol. The average Bonchev–Trinajstić information content (AvgIpc) is 3.05. The maximum absolute atomic E-state index is 12.5. The van der Waals surface area contributed by atoms with E-state index >= 15 is 0 Å².